The number of benzene rings is 2. The number of amides is 3. The molecule has 3 aromatic rings. The molecular weight excluding hydrogens is 599 g/mol. The van der Waals surface area contributed by atoms with Crippen LogP contribution in [0.1, 0.15) is 58.0 Å². The number of aryl methyl sites for hydroxylation is 1. The van der Waals surface area contributed by atoms with E-state index in [1.165, 1.54) is 30.8 Å². The molecular formula is C32H43N5O5S2. The molecule has 0 bridgehead atoms. The fraction of sp³-hybridized carbons (Fsp3) is 0.406. The second-order valence-corrected chi connectivity index (χ2v) is 13.6. The number of nitrogens with zero attached hydrogens (tertiary/aromatic N) is 1. The second kappa shape index (κ2) is 16.9. The molecule has 1 aromatic heterocycles. The molecule has 4 rings (SSSR count). The third kappa shape index (κ3) is 11.7. The molecule has 1 aliphatic rings. The molecule has 0 radical (unpaired) electrons. The van der Waals surface area contributed by atoms with Crippen LogP contribution in [0, 0.1) is 12.8 Å². The van der Waals surface area contributed by atoms with Gasteiger partial charge >= 0.3 is 0 Å². The first-order chi connectivity index (χ1) is 21.0. The fourth-order valence-electron chi connectivity index (χ4n) is 4.10. The number of rotatable bonds is 14. The molecule has 4 N–H and O–H groups in total. The summed E-state index contributed by atoms with van der Waals surface area (Å²) in [5.41, 5.74) is 2.77. The predicted molar refractivity (Wildman–Crippen MR) is 177 cm³/mol. The smallest absolute Gasteiger partial charge is 0.251 e. The number of anilines is 1. The van der Waals surface area contributed by atoms with Gasteiger partial charge in [-0.2, -0.15) is 11.3 Å². The summed E-state index contributed by atoms with van der Waals surface area (Å²) in [6, 6.07) is 15.4. The number of hydrogen-bond donors (Lipinski definition) is 4. The van der Waals surface area contributed by atoms with Crippen LogP contribution in [0.2, 0.25) is 0 Å². The Morgan fingerprint density at radius 2 is 1.61 bits per heavy atom. The van der Waals surface area contributed by atoms with Gasteiger partial charge < -0.3 is 21.3 Å². The van der Waals surface area contributed by atoms with Gasteiger partial charge in [-0.15, -0.1) is 0 Å². The lowest BCUT2D eigenvalue weighted by Gasteiger charge is -2.19. The van der Waals surface area contributed by atoms with Crippen molar-refractivity contribution in [2.75, 3.05) is 37.2 Å². The molecule has 1 fully saturated rings. The first-order valence-electron chi connectivity index (χ1n) is 14.7. The zero-order valence-corrected chi connectivity index (χ0v) is 27.4. The van der Waals surface area contributed by atoms with E-state index in [9.17, 15) is 22.8 Å². The van der Waals surface area contributed by atoms with Crippen LogP contribution in [-0.4, -0.2) is 65.1 Å². The second-order valence-electron chi connectivity index (χ2n) is 10.8. The monoisotopic (exact) mass is 641 g/mol. The molecule has 44 heavy (non-hydrogen) atoms. The third-order valence-electron chi connectivity index (χ3n) is 7.05. The van der Waals surface area contributed by atoms with Crippen molar-refractivity contribution in [1.82, 2.24) is 21.3 Å². The van der Waals surface area contributed by atoms with E-state index in [1.54, 1.807) is 11.3 Å². The van der Waals surface area contributed by atoms with Gasteiger partial charge in [0, 0.05) is 44.4 Å². The minimum atomic E-state index is -3.62. The Hall–Kier alpha value is -3.74. The topological polar surface area (TPSA) is 137 Å². The predicted octanol–water partition coefficient (Wildman–Crippen LogP) is 3.69. The highest BCUT2D eigenvalue weighted by atomic mass is 32.2. The molecule has 1 aliphatic carbocycles. The van der Waals surface area contributed by atoms with Crippen LogP contribution in [0.5, 0.6) is 0 Å². The minimum absolute atomic E-state index is 0.0478. The van der Waals surface area contributed by atoms with Crippen LogP contribution >= 0.6 is 11.3 Å². The zero-order valence-electron chi connectivity index (χ0n) is 25.8. The van der Waals surface area contributed by atoms with Gasteiger partial charge in [0.05, 0.1) is 18.0 Å². The maximum absolute atomic E-state index is 12.9. The summed E-state index contributed by atoms with van der Waals surface area (Å²) in [6.45, 7) is 5.61. The van der Waals surface area contributed by atoms with E-state index in [0.29, 0.717) is 25.4 Å². The lowest BCUT2D eigenvalue weighted by molar-refractivity contribution is -0.123. The van der Waals surface area contributed by atoms with Gasteiger partial charge in [-0.3, -0.25) is 18.7 Å². The molecule has 0 unspecified atom stereocenters. The van der Waals surface area contributed by atoms with E-state index in [2.05, 4.69) is 45.0 Å². The van der Waals surface area contributed by atoms with Gasteiger partial charge in [-0.1, -0.05) is 37.3 Å². The summed E-state index contributed by atoms with van der Waals surface area (Å²) in [6.07, 6.45) is 3.99. The Morgan fingerprint density at radius 3 is 2.14 bits per heavy atom. The summed E-state index contributed by atoms with van der Waals surface area (Å²) in [4.78, 5) is 38.2. The summed E-state index contributed by atoms with van der Waals surface area (Å²) in [5, 5.41) is 15.9. The van der Waals surface area contributed by atoms with Crippen LogP contribution < -0.4 is 25.6 Å². The Bertz CT molecular complexity index is 1480. The van der Waals surface area contributed by atoms with Crippen molar-refractivity contribution >= 4 is 44.8 Å². The minimum Gasteiger partial charge on any atom is -0.354 e. The largest absolute Gasteiger partial charge is 0.354 e. The van der Waals surface area contributed by atoms with Gasteiger partial charge in [0.15, 0.2) is 0 Å². The number of carbonyl (C=O) groups excluding carboxylic acids is 3. The van der Waals surface area contributed by atoms with Crippen molar-refractivity contribution in [2.24, 2.45) is 5.92 Å². The van der Waals surface area contributed by atoms with Crippen molar-refractivity contribution in [3.05, 3.63) is 87.6 Å². The number of hydrogen-bond acceptors (Lipinski definition) is 7. The van der Waals surface area contributed by atoms with E-state index in [4.69, 9.17) is 0 Å². The number of sulfonamides is 1. The van der Waals surface area contributed by atoms with Gasteiger partial charge in [0.2, 0.25) is 15.9 Å². The molecule has 2 aromatic carbocycles. The molecule has 0 saturated heterocycles. The summed E-state index contributed by atoms with van der Waals surface area (Å²) in [7, 11) is -2.26. The molecule has 1 saturated carbocycles. The van der Waals surface area contributed by atoms with Crippen molar-refractivity contribution in [2.45, 2.75) is 45.7 Å². The highest BCUT2D eigenvalue weighted by Crippen LogP contribution is 2.27. The van der Waals surface area contributed by atoms with Gasteiger partial charge in [0.25, 0.3) is 11.8 Å². The van der Waals surface area contributed by atoms with E-state index >= 15 is 0 Å². The van der Waals surface area contributed by atoms with Crippen LogP contribution in [0.3, 0.4) is 0 Å². The number of nitrogens with one attached hydrogen (secondary N) is 4. The van der Waals surface area contributed by atoms with Gasteiger partial charge in [-0.25, -0.2) is 8.42 Å². The Kier molecular flexibility index (Phi) is 13.4. The SMILES string of the molecule is CC[C@H](NCCNC(=O)c1cc(C(=O)NCc2ccccc2)cc(N(C)S(C)(=O)=O)c1)C(=O)NCC1CC1.Cc1ccsc1. The Labute approximate surface area is 264 Å². The van der Waals surface area contributed by atoms with Crippen molar-refractivity contribution in [3.63, 3.8) is 0 Å². The summed E-state index contributed by atoms with van der Waals surface area (Å²) in [5.74, 6) is -0.345. The van der Waals surface area contributed by atoms with E-state index in [1.807, 2.05) is 37.3 Å². The van der Waals surface area contributed by atoms with Crippen LogP contribution in [-0.2, 0) is 21.4 Å². The van der Waals surface area contributed by atoms with E-state index in [-0.39, 0.29) is 41.9 Å². The Balaban J connectivity index is 0.000000785. The zero-order chi connectivity index (χ0) is 32.1. The van der Waals surface area contributed by atoms with Gasteiger partial charge in [0.1, 0.15) is 0 Å². The lowest BCUT2D eigenvalue weighted by atomic mass is 10.1. The normalized spacial score (nSPS) is 13.2. The molecule has 0 aliphatic heterocycles. The van der Waals surface area contributed by atoms with Crippen molar-refractivity contribution in [1.29, 1.82) is 0 Å². The van der Waals surface area contributed by atoms with Crippen LogP contribution in [0.15, 0.2) is 65.4 Å². The lowest BCUT2D eigenvalue weighted by Crippen LogP contribution is -2.46. The highest BCUT2D eigenvalue weighted by Gasteiger charge is 2.24. The van der Waals surface area contributed by atoms with E-state index < -0.39 is 21.8 Å². The molecule has 10 nitrogen and oxygen atoms in total. The van der Waals surface area contributed by atoms with Gasteiger partial charge in [-0.05, 0) is 78.3 Å². The highest BCUT2D eigenvalue weighted by molar-refractivity contribution is 7.92. The molecule has 1 atom stereocenters. The Morgan fingerprint density at radius 1 is 0.955 bits per heavy atom. The fourth-order valence-corrected chi connectivity index (χ4v) is 5.25. The third-order valence-corrected chi connectivity index (χ3v) is 9.06. The van der Waals surface area contributed by atoms with Crippen LogP contribution in [0.4, 0.5) is 5.69 Å². The molecule has 0 spiro atoms. The van der Waals surface area contributed by atoms with Crippen LogP contribution in [0.25, 0.3) is 0 Å². The first kappa shape index (κ1) is 34.7. The number of carbonyl (C=O) groups is 3. The molecule has 238 valence electrons. The van der Waals surface area contributed by atoms with Crippen molar-refractivity contribution in [3.8, 4) is 0 Å². The quantitative estimate of drug-likeness (QED) is 0.198. The average molecular weight is 642 g/mol. The molecule has 12 heteroatoms. The summed E-state index contributed by atoms with van der Waals surface area (Å²) < 4.78 is 25.3. The number of thiophene rings is 1. The standard InChI is InChI=1S/C27H37N5O5S.C5H6S/c1-4-24(27(35)31-18-20-10-11-20)28-12-13-29-25(33)21-14-22(16-23(15-21)32(2)38(3,36)37)26(34)30-17-19-8-6-5-7-9-19;1-5-2-3-6-4-5/h5-9,14-16,20,24,28H,4,10-13,17-18H2,1-3H3,(H,29,33)(H,30,34)(H,31,35);2-4H,1H3/t24-;/m0./s1. The first-order valence-corrected chi connectivity index (χ1v) is 17.5. The summed E-state index contributed by atoms with van der Waals surface area (Å²) >= 11 is 1.74. The van der Waals surface area contributed by atoms with E-state index in [0.717, 1.165) is 29.0 Å². The van der Waals surface area contributed by atoms with Crippen molar-refractivity contribution < 1.29 is 22.8 Å². The maximum atomic E-state index is 12.9. The maximum Gasteiger partial charge on any atom is 0.251 e. The molecule has 3 amide bonds. The molecule has 1 heterocycles. The average Bonchev–Trinajstić information content (AvgIpc) is 3.73.